The molecule has 2 heterocycles. The zero-order chi connectivity index (χ0) is 13.8. The van der Waals surface area contributed by atoms with Crippen LogP contribution in [0.2, 0.25) is 0 Å². The number of rotatable bonds is 7. The van der Waals surface area contributed by atoms with Crippen LogP contribution >= 0.6 is 11.3 Å². The minimum absolute atomic E-state index is 0.0270. The molecule has 104 valence electrons. The third-order valence-corrected chi connectivity index (χ3v) is 3.60. The molecule has 7 nitrogen and oxygen atoms in total. The number of hydrogen-bond donors (Lipinski definition) is 1. The molecule has 0 spiro atoms. The molecule has 2 rings (SSSR count). The number of aromatic nitrogens is 2. The minimum atomic E-state index is -0.418. The fourth-order valence-electron chi connectivity index (χ4n) is 1.94. The Bertz CT molecular complexity index is 565. The van der Waals surface area contributed by atoms with Crippen molar-refractivity contribution < 1.29 is 10.0 Å². The van der Waals surface area contributed by atoms with Gasteiger partial charge in [-0.2, -0.15) is 9.38 Å². The molecule has 0 atom stereocenters. The molecular weight excluding hydrogens is 268 g/mol. The van der Waals surface area contributed by atoms with Crippen LogP contribution in [0.15, 0.2) is 11.6 Å². The molecule has 2 aromatic heterocycles. The van der Waals surface area contributed by atoms with Crippen LogP contribution in [-0.2, 0) is 0 Å². The summed E-state index contributed by atoms with van der Waals surface area (Å²) in [5.74, 6) is 0.320. The second-order valence-electron chi connectivity index (χ2n) is 4.14. The summed E-state index contributed by atoms with van der Waals surface area (Å²) in [6, 6.07) is 0. The lowest BCUT2D eigenvalue weighted by Crippen LogP contribution is -2.28. The molecule has 0 unspecified atom stereocenters. The number of imidazole rings is 1. The fourth-order valence-corrected chi connectivity index (χ4v) is 2.64. The Morgan fingerprint density at radius 1 is 1.58 bits per heavy atom. The Labute approximate surface area is 114 Å². The molecule has 0 saturated heterocycles. The van der Waals surface area contributed by atoms with Gasteiger partial charge in [0.05, 0.1) is 6.61 Å². The zero-order valence-corrected chi connectivity index (χ0v) is 11.5. The van der Waals surface area contributed by atoms with Crippen molar-refractivity contribution in [1.29, 1.82) is 0 Å². The molecular formula is C11H16N4O3S. The second kappa shape index (κ2) is 5.98. The van der Waals surface area contributed by atoms with Gasteiger partial charge in [-0.25, -0.2) is 0 Å². The van der Waals surface area contributed by atoms with Gasteiger partial charge in [0.25, 0.3) is 4.96 Å². The van der Waals surface area contributed by atoms with Gasteiger partial charge in [0.1, 0.15) is 6.20 Å². The van der Waals surface area contributed by atoms with E-state index in [0.717, 1.165) is 12.8 Å². The highest BCUT2D eigenvalue weighted by Crippen LogP contribution is 2.31. The quantitative estimate of drug-likeness (QED) is 0.620. The maximum absolute atomic E-state index is 11.2. The highest BCUT2D eigenvalue weighted by molar-refractivity contribution is 7.15. The highest BCUT2D eigenvalue weighted by atomic mass is 32.1. The number of thiazole rings is 1. The molecule has 1 N–H and O–H groups in total. The summed E-state index contributed by atoms with van der Waals surface area (Å²) < 4.78 is 1.48. The third kappa shape index (κ3) is 2.69. The van der Waals surface area contributed by atoms with Gasteiger partial charge in [-0.3, -0.25) is 0 Å². The van der Waals surface area contributed by atoms with Crippen molar-refractivity contribution >= 4 is 27.9 Å². The summed E-state index contributed by atoms with van der Waals surface area (Å²) in [4.78, 5) is 17.5. The zero-order valence-electron chi connectivity index (χ0n) is 10.7. The number of nitrogens with zero attached hydrogens (tertiary/aromatic N) is 4. The van der Waals surface area contributed by atoms with Crippen molar-refractivity contribution in [3.05, 3.63) is 21.7 Å². The summed E-state index contributed by atoms with van der Waals surface area (Å²) in [6.07, 6.45) is 3.53. The average molecular weight is 284 g/mol. The largest absolute Gasteiger partial charge is 0.395 e. The van der Waals surface area contributed by atoms with E-state index in [9.17, 15) is 10.1 Å². The van der Waals surface area contributed by atoms with Crippen molar-refractivity contribution in [2.24, 2.45) is 0 Å². The maximum atomic E-state index is 11.2. The highest BCUT2D eigenvalue weighted by Gasteiger charge is 2.27. The van der Waals surface area contributed by atoms with Gasteiger partial charge in [-0.05, 0) is 11.3 Å². The number of aliphatic hydroxyl groups is 1. The molecule has 0 aliphatic carbocycles. The Kier molecular flexibility index (Phi) is 4.33. The Morgan fingerprint density at radius 3 is 3.00 bits per heavy atom. The van der Waals surface area contributed by atoms with Crippen LogP contribution in [0.4, 0.5) is 11.6 Å². The normalized spacial score (nSPS) is 11.1. The van der Waals surface area contributed by atoms with Crippen LogP contribution in [0.3, 0.4) is 0 Å². The first-order valence-corrected chi connectivity index (χ1v) is 7.02. The number of hydrogen-bond acceptors (Lipinski definition) is 6. The van der Waals surface area contributed by atoms with E-state index >= 15 is 0 Å². The van der Waals surface area contributed by atoms with E-state index in [1.807, 2.05) is 0 Å². The molecule has 8 heteroatoms. The van der Waals surface area contributed by atoms with E-state index in [0.29, 0.717) is 23.9 Å². The molecule has 2 aromatic rings. The molecule has 0 bridgehead atoms. The molecule has 0 radical (unpaired) electrons. The Balaban J connectivity index is 2.42. The lowest BCUT2D eigenvalue weighted by atomic mass is 10.3. The van der Waals surface area contributed by atoms with Crippen LogP contribution in [0.25, 0.3) is 4.96 Å². The van der Waals surface area contributed by atoms with Gasteiger partial charge in [0.15, 0.2) is 0 Å². The van der Waals surface area contributed by atoms with Crippen molar-refractivity contribution in [3.8, 4) is 0 Å². The molecule has 0 aliphatic heterocycles. The summed E-state index contributed by atoms with van der Waals surface area (Å²) in [5.41, 5.74) is 0. The van der Waals surface area contributed by atoms with Crippen molar-refractivity contribution in [3.63, 3.8) is 0 Å². The number of aliphatic hydroxyl groups excluding tert-OH is 1. The molecule has 0 fully saturated rings. The smallest absolute Gasteiger partial charge is 0.373 e. The lowest BCUT2D eigenvalue weighted by Gasteiger charge is -2.20. The summed E-state index contributed by atoms with van der Waals surface area (Å²) in [7, 11) is 0. The predicted molar refractivity (Wildman–Crippen MR) is 73.9 cm³/mol. The number of anilines is 1. The van der Waals surface area contributed by atoms with Crippen LogP contribution in [0.1, 0.15) is 19.8 Å². The summed E-state index contributed by atoms with van der Waals surface area (Å²) >= 11 is 1.36. The van der Waals surface area contributed by atoms with E-state index in [-0.39, 0.29) is 12.4 Å². The van der Waals surface area contributed by atoms with E-state index in [4.69, 9.17) is 5.11 Å². The minimum Gasteiger partial charge on any atom is -0.395 e. The van der Waals surface area contributed by atoms with Gasteiger partial charge in [0, 0.05) is 18.5 Å². The van der Waals surface area contributed by atoms with Crippen molar-refractivity contribution in [2.45, 2.75) is 19.8 Å². The summed E-state index contributed by atoms with van der Waals surface area (Å²) in [5, 5.41) is 22.1. The first-order valence-electron chi connectivity index (χ1n) is 6.14. The SMILES string of the molecule is CCCCN(CCO)c1nc2sccn2c1[N+](=O)[O-]. The summed E-state index contributed by atoms with van der Waals surface area (Å²) in [6.45, 7) is 3.01. The van der Waals surface area contributed by atoms with E-state index in [1.165, 1.54) is 15.7 Å². The van der Waals surface area contributed by atoms with Crippen LogP contribution in [-0.4, -0.2) is 39.1 Å². The van der Waals surface area contributed by atoms with Crippen molar-refractivity contribution in [2.75, 3.05) is 24.6 Å². The maximum Gasteiger partial charge on any atom is 0.373 e. The average Bonchev–Trinajstić information content (AvgIpc) is 2.93. The Morgan fingerprint density at radius 2 is 2.37 bits per heavy atom. The van der Waals surface area contributed by atoms with Crippen LogP contribution in [0, 0.1) is 10.1 Å². The molecule has 0 amide bonds. The van der Waals surface area contributed by atoms with Gasteiger partial charge < -0.3 is 20.1 Å². The molecule has 19 heavy (non-hydrogen) atoms. The second-order valence-corrected chi connectivity index (χ2v) is 5.01. The third-order valence-electron chi connectivity index (χ3n) is 2.84. The van der Waals surface area contributed by atoms with Crippen LogP contribution in [0.5, 0.6) is 0 Å². The van der Waals surface area contributed by atoms with E-state index in [2.05, 4.69) is 11.9 Å². The van der Waals surface area contributed by atoms with Gasteiger partial charge in [-0.1, -0.05) is 24.7 Å². The molecule has 0 saturated carbocycles. The predicted octanol–water partition coefficient (Wildman–Crippen LogP) is 1.90. The number of fused-ring (bicyclic) bond motifs is 1. The van der Waals surface area contributed by atoms with Crippen LogP contribution < -0.4 is 4.90 Å². The van der Waals surface area contributed by atoms with E-state index < -0.39 is 4.92 Å². The topological polar surface area (TPSA) is 83.9 Å². The number of unbranched alkanes of at least 4 members (excludes halogenated alkanes) is 1. The first-order chi connectivity index (χ1) is 9.19. The fraction of sp³-hybridized carbons (Fsp3) is 0.545. The standard InChI is InChI=1S/C11H16N4O3S/c1-2-3-4-13(5-7-16)9-10(15(17)18)14-6-8-19-11(14)12-9/h6,8,16H,2-5,7H2,1H3. The Hall–Kier alpha value is -1.67. The van der Waals surface area contributed by atoms with Gasteiger partial charge in [0.2, 0.25) is 5.82 Å². The van der Waals surface area contributed by atoms with Gasteiger partial charge in [-0.15, -0.1) is 0 Å². The number of nitro groups is 1. The van der Waals surface area contributed by atoms with E-state index in [1.54, 1.807) is 16.5 Å². The van der Waals surface area contributed by atoms with Gasteiger partial charge >= 0.3 is 5.82 Å². The monoisotopic (exact) mass is 284 g/mol. The lowest BCUT2D eigenvalue weighted by molar-refractivity contribution is -0.389. The first kappa shape index (κ1) is 13.8. The van der Waals surface area contributed by atoms with Crippen molar-refractivity contribution in [1.82, 2.24) is 9.38 Å². The molecule has 0 aromatic carbocycles. The molecule has 0 aliphatic rings.